The van der Waals surface area contributed by atoms with Gasteiger partial charge in [0.2, 0.25) is 0 Å². The van der Waals surface area contributed by atoms with Crippen molar-refractivity contribution in [2.45, 2.75) is 13.8 Å². The average Bonchev–Trinajstić information content (AvgIpc) is 2.37. The van der Waals surface area contributed by atoms with Crippen LogP contribution in [0.25, 0.3) is 11.1 Å². The smallest absolute Gasteiger partial charge is 0.337 e. The molecule has 0 spiro atoms. The zero-order chi connectivity index (χ0) is 13.1. The van der Waals surface area contributed by atoms with Crippen LogP contribution < -0.4 is 0 Å². The minimum absolute atomic E-state index is 0.298. The molecule has 0 heterocycles. The predicted molar refractivity (Wildman–Crippen MR) is 72.7 cm³/mol. The Morgan fingerprint density at radius 2 is 1.78 bits per heavy atom. The molecule has 0 unspecified atom stereocenters. The number of benzene rings is 2. The molecule has 0 bridgehead atoms. The molecule has 2 rings (SSSR count). The van der Waals surface area contributed by atoms with E-state index in [4.69, 9.17) is 4.74 Å². The summed E-state index contributed by atoms with van der Waals surface area (Å²) in [5.41, 5.74) is 5.03. The Morgan fingerprint density at radius 1 is 1.06 bits per heavy atom. The van der Waals surface area contributed by atoms with E-state index in [1.807, 2.05) is 31.2 Å². The first-order chi connectivity index (χ1) is 8.61. The molecule has 0 aromatic heterocycles. The number of carbonyl (C=O) groups is 1. The van der Waals surface area contributed by atoms with Crippen molar-refractivity contribution in [3.8, 4) is 11.1 Å². The number of methoxy groups -OCH3 is 1. The molecule has 0 saturated heterocycles. The van der Waals surface area contributed by atoms with Crippen LogP contribution in [0.15, 0.2) is 42.5 Å². The lowest BCUT2D eigenvalue weighted by Crippen LogP contribution is -2.02. The molecule has 92 valence electrons. The van der Waals surface area contributed by atoms with Gasteiger partial charge in [0.15, 0.2) is 0 Å². The summed E-state index contributed by atoms with van der Waals surface area (Å²) in [6.07, 6.45) is 0. The van der Waals surface area contributed by atoms with Crippen LogP contribution in [0.1, 0.15) is 21.5 Å². The lowest BCUT2D eigenvalue weighted by molar-refractivity contribution is 0.0600. The Balaban J connectivity index is 2.55. The maximum absolute atomic E-state index is 11.6. The van der Waals surface area contributed by atoms with Crippen molar-refractivity contribution in [2.75, 3.05) is 7.11 Å². The molecule has 2 nitrogen and oxygen atoms in total. The Hall–Kier alpha value is -2.09. The van der Waals surface area contributed by atoms with Crippen molar-refractivity contribution < 1.29 is 9.53 Å². The second kappa shape index (κ2) is 5.05. The van der Waals surface area contributed by atoms with Gasteiger partial charge in [-0.15, -0.1) is 0 Å². The summed E-state index contributed by atoms with van der Waals surface area (Å²) in [6.45, 7) is 4.05. The van der Waals surface area contributed by atoms with E-state index in [9.17, 15) is 4.79 Å². The molecule has 0 atom stereocenters. The molecule has 0 fully saturated rings. The molecule has 18 heavy (non-hydrogen) atoms. The Morgan fingerprint density at radius 3 is 2.44 bits per heavy atom. The van der Waals surface area contributed by atoms with Crippen molar-refractivity contribution in [1.29, 1.82) is 0 Å². The maximum Gasteiger partial charge on any atom is 0.337 e. The van der Waals surface area contributed by atoms with Gasteiger partial charge in [0, 0.05) is 0 Å². The summed E-state index contributed by atoms with van der Waals surface area (Å²) in [7, 11) is 1.40. The van der Waals surface area contributed by atoms with Gasteiger partial charge in [0.25, 0.3) is 0 Å². The standard InChI is InChI=1S/C16H16O2/c1-11-8-13(10-14(9-11)16(17)18-3)15-7-5-4-6-12(15)2/h4-10H,1-3H3. The molecule has 2 aromatic rings. The first-order valence-corrected chi connectivity index (χ1v) is 5.88. The van der Waals surface area contributed by atoms with Crippen molar-refractivity contribution in [2.24, 2.45) is 0 Å². The van der Waals surface area contributed by atoms with Gasteiger partial charge < -0.3 is 4.74 Å². The topological polar surface area (TPSA) is 26.3 Å². The highest BCUT2D eigenvalue weighted by molar-refractivity contribution is 5.91. The fraction of sp³-hybridized carbons (Fsp3) is 0.188. The third-order valence-electron chi connectivity index (χ3n) is 2.95. The summed E-state index contributed by atoms with van der Waals surface area (Å²) in [5, 5.41) is 0. The number of esters is 1. The second-order valence-electron chi connectivity index (χ2n) is 4.39. The van der Waals surface area contributed by atoms with Crippen LogP contribution in [0.2, 0.25) is 0 Å². The van der Waals surface area contributed by atoms with E-state index in [2.05, 4.69) is 25.1 Å². The minimum atomic E-state index is -0.298. The third kappa shape index (κ3) is 2.43. The Labute approximate surface area is 107 Å². The molecular weight excluding hydrogens is 224 g/mol. The third-order valence-corrected chi connectivity index (χ3v) is 2.95. The molecule has 0 amide bonds. The zero-order valence-corrected chi connectivity index (χ0v) is 10.9. The van der Waals surface area contributed by atoms with Gasteiger partial charge in [-0.3, -0.25) is 0 Å². The van der Waals surface area contributed by atoms with E-state index < -0.39 is 0 Å². The molecule has 0 N–H and O–H groups in total. The lowest BCUT2D eigenvalue weighted by Gasteiger charge is -2.09. The summed E-state index contributed by atoms with van der Waals surface area (Å²) in [6, 6.07) is 13.9. The maximum atomic E-state index is 11.6. The summed E-state index contributed by atoms with van der Waals surface area (Å²) in [5.74, 6) is -0.298. The van der Waals surface area contributed by atoms with Gasteiger partial charge in [0.1, 0.15) is 0 Å². The molecule has 2 aromatic carbocycles. The van der Waals surface area contributed by atoms with Crippen molar-refractivity contribution >= 4 is 5.97 Å². The van der Waals surface area contributed by atoms with Crippen molar-refractivity contribution in [3.05, 3.63) is 59.2 Å². The minimum Gasteiger partial charge on any atom is -0.465 e. The first kappa shape index (κ1) is 12.4. The molecular formula is C16H16O2. The average molecular weight is 240 g/mol. The van der Waals surface area contributed by atoms with Crippen LogP contribution in [0.3, 0.4) is 0 Å². The molecule has 0 saturated carbocycles. The monoisotopic (exact) mass is 240 g/mol. The lowest BCUT2D eigenvalue weighted by atomic mass is 9.97. The largest absolute Gasteiger partial charge is 0.465 e. The summed E-state index contributed by atoms with van der Waals surface area (Å²) >= 11 is 0. The normalized spacial score (nSPS) is 10.2. The highest BCUT2D eigenvalue weighted by Crippen LogP contribution is 2.25. The molecule has 0 aliphatic carbocycles. The Kier molecular flexibility index (Phi) is 3.47. The highest BCUT2D eigenvalue weighted by atomic mass is 16.5. The van der Waals surface area contributed by atoms with Gasteiger partial charge >= 0.3 is 5.97 Å². The number of rotatable bonds is 2. The molecule has 0 radical (unpaired) electrons. The SMILES string of the molecule is COC(=O)c1cc(C)cc(-c2ccccc2C)c1. The molecule has 0 aliphatic rings. The van der Waals surface area contributed by atoms with E-state index in [0.29, 0.717) is 5.56 Å². The number of hydrogen-bond acceptors (Lipinski definition) is 2. The predicted octanol–water partition coefficient (Wildman–Crippen LogP) is 3.76. The zero-order valence-electron chi connectivity index (χ0n) is 10.9. The van der Waals surface area contributed by atoms with Gasteiger partial charge in [-0.1, -0.05) is 30.3 Å². The highest BCUT2D eigenvalue weighted by Gasteiger charge is 2.09. The number of aryl methyl sites for hydroxylation is 2. The van der Waals surface area contributed by atoms with E-state index in [1.54, 1.807) is 0 Å². The first-order valence-electron chi connectivity index (χ1n) is 5.88. The fourth-order valence-corrected chi connectivity index (χ4v) is 2.07. The van der Waals surface area contributed by atoms with E-state index >= 15 is 0 Å². The van der Waals surface area contributed by atoms with Crippen LogP contribution in [0.4, 0.5) is 0 Å². The van der Waals surface area contributed by atoms with E-state index in [0.717, 1.165) is 16.7 Å². The number of ether oxygens (including phenoxy) is 1. The molecule has 0 aliphatic heterocycles. The number of hydrogen-bond donors (Lipinski definition) is 0. The van der Waals surface area contributed by atoms with Crippen LogP contribution >= 0.6 is 0 Å². The second-order valence-corrected chi connectivity index (χ2v) is 4.39. The van der Waals surface area contributed by atoms with Gasteiger partial charge in [-0.05, 0) is 48.2 Å². The van der Waals surface area contributed by atoms with Crippen LogP contribution in [-0.4, -0.2) is 13.1 Å². The van der Waals surface area contributed by atoms with Gasteiger partial charge in [0.05, 0.1) is 12.7 Å². The Bertz CT molecular complexity index is 585. The van der Waals surface area contributed by atoms with E-state index in [1.165, 1.54) is 12.7 Å². The summed E-state index contributed by atoms with van der Waals surface area (Å²) in [4.78, 5) is 11.6. The van der Waals surface area contributed by atoms with E-state index in [-0.39, 0.29) is 5.97 Å². The van der Waals surface area contributed by atoms with Gasteiger partial charge in [-0.25, -0.2) is 4.79 Å². The quantitative estimate of drug-likeness (QED) is 0.747. The number of carbonyl (C=O) groups excluding carboxylic acids is 1. The van der Waals surface area contributed by atoms with Crippen molar-refractivity contribution in [3.63, 3.8) is 0 Å². The van der Waals surface area contributed by atoms with Crippen molar-refractivity contribution in [1.82, 2.24) is 0 Å². The van der Waals surface area contributed by atoms with Crippen LogP contribution in [-0.2, 0) is 4.74 Å². The summed E-state index contributed by atoms with van der Waals surface area (Å²) < 4.78 is 4.77. The van der Waals surface area contributed by atoms with Gasteiger partial charge in [-0.2, -0.15) is 0 Å². The van der Waals surface area contributed by atoms with Crippen LogP contribution in [0.5, 0.6) is 0 Å². The fourth-order valence-electron chi connectivity index (χ4n) is 2.07. The van der Waals surface area contributed by atoms with Crippen LogP contribution in [0, 0.1) is 13.8 Å². The molecule has 2 heteroatoms.